The molecule has 0 radical (unpaired) electrons. The van der Waals surface area contributed by atoms with Crippen LogP contribution in [0.1, 0.15) is 25.7 Å². The van der Waals surface area contributed by atoms with Crippen LogP contribution in [0.4, 0.5) is 0 Å². The lowest BCUT2D eigenvalue weighted by Gasteiger charge is -2.26. The summed E-state index contributed by atoms with van der Waals surface area (Å²) in [4.78, 5) is 0. The van der Waals surface area contributed by atoms with E-state index in [4.69, 9.17) is 9.52 Å². The summed E-state index contributed by atoms with van der Waals surface area (Å²) in [5, 5.41) is 18.6. The Labute approximate surface area is 71.6 Å². The molecule has 1 rings (SSSR count). The Balaban J connectivity index is 2.78. The third-order valence-electron chi connectivity index (χ3n) is 1.96. The van der Waals surface area contributed by atoms with Crippen molar-refractivity contribution in [3.63, 3.8) is 0 Å². The second kappa shape index (κ2) is 3.29. The molecule has 12 heavy (non-hydrogen) atoms. The van der Waals surface area contributed by atoms with Crippen LogP contribution in [0.5, 0.6) is 0 Å². The molecule has 1 heterocycles. The number of hydrogen-bond donors (Lipinski definition) is 2. The fourth-order valence-corrected chi connectivity index (χ4v) is 0.918. The fourth-order valence-electron chi connectivity index (χ4n) is 0.918. The second-order valence-electron chi connectivity index (χ2n) is 3.56. The van der Waals surface area contributed by atoms with Crippen LogP contribution in [0.3, 0.4) is 0 Å². The molecule has 0 aliphatic rings. The van der Waals surface area contributed by atoms with Crippen molar-refractivity contribution >= 4 is 0 Å². The highest BCUT2D eigenvalue weighted by molar-refractivity contribution is 5.05. The molecule has 2 N–H and O–H groups in total. The van der Waals surface area contributed by atoms with E-state index in [0.717, 1.165) is 0 Å². The third kappa shape index (κ3) is 1.68. The summed E-state index contributed by atoms with van der Waals surface area (Å²) in [5.74, 6) is 0.494. The smallest absolute Gasteiger partial charge is 0.132 e. The Hall–Kier alpha value is -0.800. The molecule has 3 heteroatoms. The monoisotopic (exact) mass is 170 g/mol. The summed E-state index contributed by atoms with van der Waals surface area (Å²) < 4.78 is 5.02. The second-order valence-corrected chi connectivity index (χ2v) is 3.56. The van der Waals surface area contributed by atoms with Crippen LogP contribution in [0.15, 0.2) is 22.8 Å². The van der Waals surface area contributed by atoms with Crippen LogP contribution in [-0.2, 0) is 0 Å². The van der Waals surface area contributed by atoms with Crippen LogP contribution in [0, 0.1) is 5.41 Å². The van der Waals surface area contributed by atoms with Crippen molar-refractivity contribution in [1.82, 2.24) is 0 Å². The molecule has 68 valence electrons. The van der Waals surface area contributed by atoms with Crippen molar-refractivity contribution in [1.29, 1.82) is 0 Å². The van der Waals surface area contributed by atoms with Crippen molar-refractivity contribution in [3.8, 4) is 0 Å². The Bertz CT molecular complexity index is 226. The number of hydrogen-bond acceptors (Lipinski definition) is 3. The van der Waals surface area contributed by atoms with E-state index in [0.29, 0.717) is 5.76 Å². The van der Waals surface area contributed by atoms with Gasteiger partial charge in [0.1, 0.15) is 11.9 Å². The predicted octanol–water partition coefficient (Wildman–Crippen LogP) is 1.33. The van der Waals surface area contributed by atoms with Crippen molar-refractivity contribution in [3.05, 3.63) is 24.2 Å². The van der Waals surface area contributed by atoms with Gasteiger partial charge in [0.15, 0.2) is 0 Å². The summed E-state index contributed by atoms with van der Waals surface area (Å²) in [6, 6.07) is 3.41. The van der Waals surface area contributed by atoms with Gasteiger partial charge in [-0.25, -0.2) is 0 Å². The van der Waals surface area contributed by atoms with Crippen LogP contribution >= 0.6 is 0 Å². The van der Waals surface area contributed by atoms with Crippen molar-refractivity contribution in [2.24, 2.45) is 5.41 Å². The maximum Gasteiger partial charge on any atom is 0.132 e. The summed E-state index contributed by atoms with van der Waals surface area (Å²) >= 11 is 0. The number of furan rings is 1. The predicted molar refractivity (Wildman–Crippen MR) is 44.5 cm³/mol. The largest absolute Gasteiger partial charge is 0.467 e. The van der Waals surface area contributed by atoms with Gasteiger partial charge in [-0.1, -0.05) is 13.8 Å². The average molecular weight is 170 g/mol. The van der Waals surface area contributed by atoms with E-state index in [-0.39, 0.29) is 6.61 Å². The quantitative estimate of drug-likeness (QED) is 0.719. The fraction of sp³-hybridized carbons (Fsp3) is 0.556. The van der Waals surface area contributed by atoms with Gasteiger partial charge in [0.25, 0.3) is 0 Å². The molecule has 1 aromatic heterocycles. The van der Waals surface area contributed by atoms with E-state index in [1.54, 1.807) is 26.0 Å². The first-order chi connectivity index (χ1) is 5.58. The van der Waals surface area contributed by atoms with E-state index in [1.807, 2.05) is 0 Å². The summed E-state index contributed by atoms with van der Waals surface area (Å²) in [6.07, 6.45) is 0.754. The molecule has 0 saturated carbocycles. The zero-order valence-corrected chi connectivity index (χ0v) is 7.32. The van der Waals surface area contributed by atoms with Gasteiger partial charge in [-0.3, -0.25) is 0 Å². The minimum Gasteiger partial charge on any atom is -0.467 e. The zero-order chi connectivity index (χ0) is 9.19. The zero-order valence-electron chi connectivity index (χ0n) is 7.32. The molecule has 0 aromatic carbocycles. The van der Waals surface area contributed by atoms with Gasteiger partial charge in [-0.15, -0.1) is 0 Å². The maximum atomic E-state index is 9.68. The van der Waals surface area contributed by atoms with E-state index in [9.17, 15) is 5.11 Å². The molecular formula is C9H14O3. The minimum atomic E-state index is -0.752. The van der Waals surface area contributed by atoms with Gasteiger partial charge in [0.05, 0.1) is 12.9 Å². The van der Waals surface area contributed by atoms with Crippen LogP contribution in [-0.4, -0.2) is 16.8 Å². The molecule has 1 aromatic rings. The number of aliphatic hydroxyl groups is 2. The van der Waals surface area contributed by atoms with Gasteiger partial charge in [0, 0.05) is 5.41 Å². The number of aliphatic hydroxyl groups excluding tert-OH is 2. The molecule has 0 fully saturated rings. The Morgan fingerprint density at radius 3 is 2.67 bits per heavy atom. The van der Waals surface area contributed by atoms with Crippen LogP contribution in [0.25, 0.3) is 0 Å². The maximum absolute atomic E-state index is 9.68. The Morgan fingerprint density at radius 2 is 2.25 bits per heavy atom. The highest BCUT2D eigenvalue weighted by Crippen LogP contribution is 2.32. The highest BCUT2D eigenvalue weighted by atomic mass is 16.4. The molecule has 0 saturated heterocycles. The highest BCUT2D eigenvalue weighted by Gasteiger charge is 2.30. The van der Waals surface area contributed by atoms with Crippen molar-refractivity contribution in [2.45, 2.75) is 20.0 Å². The van der Waals surface area contributed by atoms with Gasteiger partial charge >= 0.3 is 0 Å². The van der Waals surface area contributed by atoms with E-state index in [1.165, 1.54) is 6.26 Å². The first kappa shape index (κ1) is 9.29. The van der Waals surface area contributed by atoms with Gasteiger partial charge in [-0.05, 0) is 12.1 Å². The SMILES string of the molecule is CC(C)(CO)[C@@H](O)c1ccco1. The van der Waals surface area contributed by atoms with Crippen molar-refractivity contribution < 1.29 is 14.6 Å². The van der Waals surface area contributed by atoms with E-state index in [2.05, 4.69) is 0 Å². The van der Waals surface area contributed by atoms with E-state index >= 15 is 0 Å². The molecule has 0 aliphatic heterocycles. The Morgan fingerprint density at radius 1 is 1.58 bits per heavy atom. The van der Waals surface area contributed by atoms with Crippen molar-refractivity contribution in [2.75, 3.05) is 6.61 Å². The average Bonchev–Trinajstić information content (AvgIpc) is 2.55. The molecule has 3 nitrogen and oxygen atoms in total. The lowest BCUT2D eigenvalue weighted by Crippen LogP contribution is -2.25. The third-order valence-corrected chi connectivity index (χ3v) is 1.96. The molecule has 0 spiro atoms. The lowest BCUT2D eigenvalue weighted by molar-refractivity contribution is -0.00678. The summed E-state index contributed by atoms with van der Waals surface area (Å²) in [7, 11) is 0. The molecule has 0 amide bonds. The van der Waals surface area contributed by atoms with Gasteiger partial charge < -0.3 is 14.6 Å². The van der Waals surface area contributed by atoms with E-state index < -0.39 is 11.5 Å². The number of rotatable bonds is 3. The molecule has 0 aliphatic carbocycles. The standard InChI is InChI=1S/C9H14O3/c1-9(2,6-10)8(11)7-4-3-5-12-7/h3-5,8,10-11H,6H2,1-2H3/t8-/m0/s1. The summed E-state index contributed by atoms with van der Waals surface area (Å²) in [6.45, 7) is 3.48. The van der Waals surface area contributed by atoms with Gasteiger partial charge in [0.2, 0.25) is 0 Å². The lowest BCUT2D eigenvalue weighted by atomic mass is 9.86. The normalized spacial score (nSPS) is 14.7. The first-order valence-electron chi connectivity index (χ1n) is 3.90. The van der Waals surface area contributed by atoms with Crippen LogP contribution in [0.2, 0.25) is 0 Å². The molecule has 1 atom stereocenters. The first-order valence-corrected chi connectivity index (χ1v) is 3.90. The molecule has 0 bridgehead atoms. The van der Waals surface area contributed by atoms with Gasteiger partial charge in [-0.2, -0.15) is 0 Å². The van der Waals surface area contributed by atoms with Crippen LogP contribution < -0.4 is 0 Å². The molecule has 0 unspecified atom stereocenters. The molecular weight excluding hydrogens is 156 g/mol. The summed E-state index contributed by atoms with van der Waals surface area (Å²) in [5.41, 5.74) is -0.558. The topological polar surface area (TPSA) is 53.6 Å². The Kier molecular flexibility index (Phi) is 2.55. The minimum absolute atomic E-state index is 0.0745.